The lowest BCUT2D eigenvalue weighted by molar-refractivity contribution is 0.312. The Balaban J connectivity index is 4.13. The van der Waals surface area contributed by atoms with Crippen LogP contribution in [0.4, 0.5) is 0 Å². The van der Waals surface area contributed by atoms with Crippen LogP contribution >= 0.6 is 0 Å². The Labute approximate surface area is 83.6 Å². The van der Waals surface area contributed by atoms with Crippen molar-refractivity contribution in [2.45, 2.75) is 39.2 Å². The molecule has 0 saturated heterocycles. The molecular weight excluding hydrogens is 176 g/mol. The first-order valence-electron chi connectivity index (χ1n) is 5.15. The lowest BCUT2D eigenvalue weighted by atomic mass is 10.4. The second-order valence-electron chi connectivity index (χ2n) is 3.32. The molecule has 76 valence electrons. The summed E-state index contributed by atoms with van der Waals surface area (Å²) in [5, 5.41) is 0. The zero-order chi connectivity index (χ0) is 10.2. The van der Waals surface area contributed by atoms with E-state index in [1.54, 1.807) is 0 Å². The number of rotatable bonds is 8. The van der Waals surface area contributed by atoms with Crippen LogP contribution in [-0.4, -0.2) is 14.9 Å². The Morgan fingerprint density at radius 1 is 1.15 bits per heavy atom. The molecule has 1 nitrogen and oxygen atoms in total. The average Bonchev–Trinajstić information content (AvgIpc) is 2.20. The summed E-state index contributed by atoms with van der Waals surface area (Å²) in [5.74, 6) is 0. The van der Waals surface area contributed by atoms with Crippen molar-refractivity contribution in [2.75, 3.05) is 6.61 Å². The van der Waals surface area contributed by atoms with Gasteiger partial charge in [-0.05, 0) is 12.5 Å². The Bertz CT molecular complexity index is 136. The molecule has 0 fully saturated rings. The van der Waals surface area contributed by atoms with Gasteiger partial charge < -0.3 is 4.43 Å². The van der Waals surface area contributed by atoms with Crippen molar-refractivity contribution in [2.24, 2.45) is 0 Å². The summed E-state index contributed by atoms with van der Waals surface area (Å²) in [6, 6.07) is 1.14. The van der Waals surface area contributed by atoms with E-state index < -0.39 is 8.32 Å². The highest BCUT2D eigenvalue weighted by molar-refractivity contribution is 6.83. The van der Waals surface area contributed by atoms with Crippen molar-refractivity contribution in [3.8, 4) is 0 Å². The number of hydrogen-bond donors (Lipinski definition) is 0. The predicted molar refractivity (Wildman–Crippen MR) is 62.1 cm³/mol. The van der Waals surface area contributed by atoms with Crippen LogP contribution in [0.1, 0.15) is 33.1 Å². The third kappa shape index (κ3) is 4.43. The summed E-state index contributed by atoms with van der Waals surface area (Å²) in [6.07, 6.45) is 3.50. The maximum absolute atomic E-state index is 5.88. The molecule has 0 aliphatic heterocycles. The molecule has 0 rings (SSSR count). The van der Waals surface area contributed by atoms with Crippen LogP contribution in [0.25, 0.3) is 0 Å². The van der Waals surface area contributed by atoms with E-state index in [-0.39, 0.29) is 0 Å². The summed E-state index contributed by atoms with van der Waals surface area (Å²) in [6.45, 7) is 12.9. The third-order valence-electron chi connectivity index (χ3n) is 2.19. The van der Waals surface area contributed by atoms with E-state index in [1.165, 1.54) is 12.8 Å². The summed E-state index contributed by atoms with van der Waals surface area (Å²) in [7, 11) is -1.76. The monoisotopic (exact) mass is 198 g/mol. The van der Waals surface area contributed by atoms with Crippen molar-refractivity contribution in [1.82, 2.24) is 0 Å². The maximum Gasteiger partial charge on any atom is 0.240 e. The van der Waals surface area contributed by atoms with Gasteiger partial charge in [-0.2, -0.15) is 0 Å². The van der Waals surface area contributed by atoms with Gasteiger partial charge in [-0.15, -0.1) is 13.2 Å². The molecule has 0 aliphatic carbocycles. The average molecular weight is 198 g/mol. The van der Waals surface area contributed by atoms with E-state index in [4.69, 9.17) is 4.43 Å². The molecule has 0 spiro atoms. The van der Waals surface area contributed by atoms with Gasteiger partial charge in [0.2, 0.25) is 8.32 Å². The van der Waals surface area contributed by atoms with Crippen LogP contribution in [-0.2, 0) is 4.43 Å². The minimum atomic E-state index is -1.76. The molecule has 0 amide bonds. The van der Waals surface area contributed by atoms with E-state index in [1.807, 2.05) is 11.4 Å². The van der Waals surface area contributed by atoms with Crippen molar-refractivity contribution < 1.29 is 4.43 Å². The smallest absolute Gasteiger partial charge is 0.240 e. The lowest BCUT2D eigenvalue weighted by Gasteiger charge is -2.23. The van der Waals surface area contributed by atoms with Crippen LogP contribution in [0.15, 0.2) is 24.6 Å². The molecule has 0 radical (unpaired) electrons. The lowest BCUT2D eigenvalue weighted by Crippen LogP contribution is -2.34. The zero-order valence-corrected chi connectivity index (χ0v) is 10.0. The third-order valence-corrected chi connectivity index (χ3v) is 5.45. The van der Waals surface area contributed by atoms with Crippen molar-refractivity contribution in [3.05, 3.63) is 24.6 Å². The highest BCUT2D eigenvalue weighted by atomic mass is 28.4. The van der Waals surface area contributed by atoms with Gasteiger partial charge in [-0.25, -0.2) is 0 Å². The largest absolute Gasteiger partial charge is 0.409 e. The molecule has 0 aromatic carbocycles. The second-order valence-corrected chi connectivity index (χ2v) is 6.83. The van der Waals surface area contributed by atoms with Crippen molar-refractivity contribution in [3.63, 3.8) is 0 Å². The standard InChI is InChI=1S/C11H22OSi/c1-5-9-11-13(7-3,8-4)12-10-6-2/h7-8H,3-6,9-11H2,1-2H3. The van der Waals surface area contributed by atoms with Gasteiger partial charge in [0.1, 0.15) is 0 Å². The SMILES string of the molecule is C=C[Si](C=C)(CCCC)OCCC. The first-order valence-corrected chi connectivity index (χ1v) is 7.42. The van der Waals surface area contributed by atoms with Crippen molar-refractivity contribution >= 4 is 8.32 Å². The molecule has 0 heterocycles. The normalized spacial score (nSPS) is 11.2. The number of hydrogen-bond acceptors (Lipinski definition) is 1. The topological polar surface area (TPSA) is 9.23 Å². The molecule has 0 N–H and O–H groups in total. The molecule has 0 saturated carbocycles. The van der Waals surface area contributed by atoms with Gasteiger partial charge in [-0.1, -0.05) is 38.1 Å². The Kier molecular flexibility index (Phi) is 6.91. The van der Waals surface area contributed by atoms with Gasteiger partial charge in [0.25, 0.3) is 0 Å². The molecule has 0 unspecified atom stereocenters. The Morgan fingerprint density at radius 2 is 1.77 bits per heavy atom. The molecule has 0 aromatic heterocycles. The van der Waals surface area contributed by atoms with E-state index in [9.17, 15) is 0 Å². The minimum absolute atomic E-state index is 0.841. The fraction of sp³-hybridized carbons (Fsp3) is 0.636. The summed E-state index contributed by atoms with van der Waals surface area (Å²) in [5.41, 5.74) is 4.01. The van der Waals surface area contributed by atoms with Crippen LogP contribution in [0, 0.1) is 0 Å². The summed E-state index contributed by atoms with van der Waals surface area (Å²) < 4.78 is 5.88. The molecule has 0 atom stereocenters. The number of unbranched alkanes of at least 4 members (excludes halogenated alkanes) is 1. The first kappa shape index (κ1) is 12.7. The first-order chi connectivity index (χ1) is 6.24. The van der Waals surface area contributed by atoms with Gasteiger partial charge in [0.15, 0.2) is 0 Å². The van der Waals surface area contributed by atoms with Gasteiger partial charge in [0, 0.05) is 6.61 Å². The predicted octanol–water partition coefficient (Wildman–Crippen LogP) is 3.61. The summed E-state index contributed by atoms with van der Waals surface area (Å²) in [4.78, 5) is 0. The minimum Gasteiger partial charge on any atom is -0.409 e. The molecule has 0 aliphatic rings. The van der Waals surface area contributed by atoms with E-state index >= 15 is 0 Å². The van der Waals surface area contributed by atoms with Gasteiger partial charge >= 0.3 is 0 Å². The Morgan fingerprint density at radius 3 is 2.15 bits per heavy atom. The molecular formula is C11H22OSi. The summed E-state index contributed by atoms with van der Waals surface area (Å²) >= 11 is 0. The molecule has 2 heteroatoms. The quantitative estimate of drug-likeness (QED) is 0.541. The highest BCUT2D eigenvalue weighted by Crippen LogP contribution is 2.18. The van der Waals surface area contributed by atoms with Crippen molar-refractivity contribution in [1.29, 1.82) is 0 Å². The fourth-order valence-electron chi connectivity index (χ4n) is 1.22. The molecule has 13 heavy (non-hydrogen) atoms. The van der Waals surface area contributed by atoms with E-state index in [0.717, 1.165) is 19.1 Å². The van der Waals surface area contributed by atoms with E-state index in [2.05, 4.69) is 27.0 Å². The fourth-order valence-corrected chi connectivity index (χ4v) is 3.67. The molecule has 0 bridgehead atoms. The highest BCUT2D eigenvalue weighted by Gasteiger charge is 2.26. The van der Waals surface area contributed by atoms with Crippen LogP contribution < -0.4 is 0 Å². The zero-order valence-electron chi connectivity index (χ0n) is 9.01. The van der Waals surface area contributed by atoms with Crippen LogP contribution in [0.3, 0.4) is 0 Å². The van der Waals surface area contributed by atoms with E-state index in [0.29, 0.717) is 0 Å². The van der Waals surface area contributed by atoms with Crippen LogP contribution in [0.2, 0.25) is 6.04 Å². The second kappa shape index (κ2) is 7.10. The van der Waals surface area contributed by atoms with Gasteiger partial charge in [-0.3, -0.25) is 0 Å². The Hall–Kier alpha value is -0.343. The van der Waals surface area contributed by atoms with Gasteiger partial charge in [0.05, 0.1) is 0 Å². The molecule has 0 aromatic rings. The van der Waals surface area contributed by atoms with Crippen LogP contribution in [0.5, 0.6) is 0 Å². The maximum atomic E-state index is 5.88.